The first kappa shape index (κ1) is 16.3. The Hall–Kier alpha value is -2.54. The molecule has 3 aromatic rings. The van der Waals surface area contributed by atoms with Gasteiger partial charge in [-0.2, -0.15) is 17.9 Å². The highest BCUT2D eigenvalue weighted by atomic mass is 32.2. The number of hydrogen-bond acceptors (Lipinski definition) is 8. The van der Waals surface area contributed by atoms with Crippen LogP contribution in [0, 0.1) is 10.1 Å². The van der Waals surface area contributed by atoms with Gasteiger partial charge in [0.15, 0.2) is 4.34 Å². The van der Waals surface area contributed by atoms with Gasteiger partial charge < -0.3 is 0 Å². The molecule has 2 aromatic heterocycles. The fourth-order valence-electron chi connectivity index (χ4n) is 1.68. The van der Waals surface area contributed by atoms with Gasteiger partial charge in [0.25, 0.3) is 0 Å². The molecule has 0 aliphatic heterocycles. The van der Waals surface area contributed by atoms with E-state index < -0.39 is 16.7 Å². The van der Waals surface area contributed by atoms with Crippen LogP contribution >= 0.6 is 23.1 Å². The Morgan fingerprint density at radius 2 is 2.12 bits per heavy atom. The first-order chi connectivity index (χ1) is 11.3. The maximum Gasteiger partial charge on any atom is 0.416 e. The van der Waals surface area contributed by atoms with Crippen LogP contribution in [-0.4, -0.2) is 30.1 Å². The van der Waals surface area contributed by atoms with Crippen LogP contribution in [0.25, 0.3) is 5.69 Å². The minimum absolute atomic E-state index is 0.114. The van der Waals surface area contributed by atoms with Gasteiger partial charge in [-0.05, 0) is 51.7 Å². The lowest BCUT2D eigenvalue weighted by molar-refractivity contribution is -0.380. The van der Waals surface area contributed by atoms with Gasteiger partial charge in [-0.15, -0.1) is 5.10 Å². The number of alkyl halides is 3. The van der Waals surface area contributed by atoms with Crippen molar-refractivity contribution in [2.75, 3.05) is 0 Å². The quantitative estimate of drug-likeness (QED) is 0.511. The predicted octanol–water partition coefficient (Wildman–Crippen LogP) is 3.20. The molecule has 0 saturated carbocycles. The Labute approximate surface area is 139 Å². The van der Waals surface area contributed by atoms with Gasteiger partial charge in [-0.25, -0.2) is 4.98 Å². The largest absolute Gasteiger partial charge is 0.416 e. The summed E-state index contributed by atoms with van der Waals surface area (Å²) in [6.45, 7) is 0. The fraction of sp³-hybridized carbons (Fsp3) is 0.0909. The molecule has 0 bridgehead atoms. The molecule has 0 radical (unpaired) electrons. The van der Waals surface area contributed by atoms with Crippen molar-refractivity contribution in [2.24, 2.45) is 0 Å². The molecule has 3 rings (SSSR count). The van der Waals surface area contributed by atoms with Gasteiger partial charge in [-0.3, -0.25) is 10.1 Å². The second-order valence-electron chi connectivity index (χ2n) is 4.24. The van der Waals surface area contributed by atoms with Crippen molar-refractivity contribution in [3.05, 3.63) is 46.1 Å². The van der Waals surface area contributed by atoms with Gasteiger partial charge in [0, 0.05) is 0 Å². The van der Waals surface area contributed by atoms with Gasteiger partial charge in [0.2, 0.25) is 5.16 Å². The number of halogens is 3. The summed E-state index contributed by atoms with van der Waals surface area (Å²) in [6.07, 6.45) is -3.40. The van der Waals surface area contributed by atoms with Crippen molar-refractivity contribution >= 4 is 28.1 Å². The second-order valence-corrected chi connectivity index (χ2v) is 6.47. The van der Waals surface area contributed by atoms with Gasteiger partial charge in [-0.1, -0.05) is 6.07 Å². The standard InChI is InChI=1S/C11H5F3N6O2S2/c12-11(13,14)6-2-1-3-7(4-6)19-9(16-17-18-19)24-10-15-5-8(23-10)20(21)22/h1-5H. The molecule has 24 heavy (non-hydrogen) atoms. The van der Waals surface area contributed by atoms with E-state index in [1.807, 2.05) is 0 Å². The Morgan fingerprint density at radius 1 is 1.33 bits per heavy atom. The SMILES string of the molecule is O=[N+]([O-])c1cnc(Sc2nnnn2-c2cccc(C(F)(F)F)c2)s1. The third kappa shape index (κ3) is 3.35. The molecule has 1 aromatic carbocycles. The summed E-state index contributed by atoms with van der Waals surface area (Å²) >= 11 is 1.73. The van der Waals surface area contributed by atoms with E-state index in [0.29, 0.717) is 4.34 Å². The van der Waals surface area contributed by atoms with Crippen LogP contribution in [0.2, 0.25) is 0 Å². The molecule has 0 amide bonds. The summed E-state index contributed by atoms with van der Waals surface area (Å²) in [5, 5.41) is 21.4. The van der Waals surface area contributed by atoms with Crippen molar-refractivity contribution in [1.29, 1.82) is 0 Å². The van der Waals surface area contributed by atoms with Crippen LogP contribution in [0.5, 0.6) is 0 Å². The minimum Gasteiger partial charge on any atom is -0.257 e. The summed E-state index contributed by atoms with van der Waals surface area (Å²) in [5.41, 5.74) is -0.722. The van der Waals surface area contributed by atoms with Crippen LogP contribution in [0.4, 0.5) is 18.2 Å². The Kier molecular flexibility index (Phi) is 4.19. The highest BCUT2D eigenvalue weighted by Gasteiger charge is 2.30. The van der Waals surface area contributed by atoms with Gasteiger partial charge in [0.1, 0.15) is 6.20 Å². The molecule has 13 heteroatoms. The number of rotatable bonds is 4. The zero-order valence-corrected chi connectivity index (χ0v) is 13.0. The van der Waals surface area contributed by atoms with Gasteiger partial charge in [0.05, 0.1) is 16.2 Å². The number of hydrogen-bond donors (Lipinski definition) is 0. The number of aromatic nitrogens is 5. The van der Waals surface area contributed by atoms with Crippen molar-refractivity contribution < 1.29 is 18.1 Å². The number of benzene rings is 1. The molecule has 124 valence electrons. The summed E-state index contributed by atoms with van der Waals surface area (Å²) in [4.78, 5) is 13.9. The summed E-state index contributed by atoms with van der Waals surface area (Å²) < 4.78 is 39.8. The molecule has 0 aliphatic carbocycles. The number of tetrazole rings is 1. The molecule has 0 saturated heterocycles. The molecular formula is C11H5F3N6O2S2. The molecule has 0 unspecified atom stereocenters. The average Bonchev–Trinajstić information content (AvgIpc) is 3.16. The minimum atomic E-state index is -4.49. The zero-order chi connectivity index (χ0) is 17.3. The van der Waals surface area contributed by atoms with Crippen molar-refractivity contribution in [2.45, 2.75) is 15.7 Å². The van der Waals surface area contributed by atoms with Crippen LogP contribution < -0.4 is 0 Å². The maximum absolute atomic E-state index is 12.8. The topological polar surface area (TPSA) is 99.6 Å². The summed E-state index contributed by atoms with van der Waals surface area (Å²) in [7, 11) is 0. The molecule has 2 heterocycles. The Morgan fingerprint density at radius 3 is 2.79 bits per heavy atom. The third-order valence-electron chi connectivity index (χ3n) is 2.69. The van der Waals surface area contributed by atoms with E-state index in [9.17, 15) is 23.3 Å². The van der Waals surface area contributed by atoms with E-state index >= 15 is 0 Å². The number of thiazole rings is 1. The second kappa shape index (κ2) is 6.16. The maximum atomic E-state index is 12.8. The van der Waals surface area contributed by atoms with Crippen LogP contribution in [-0.2, 0) is 6.18 Å². The normalized spacial score (nSPS) is 11.6. The lowest BCUT2D eigenvalue weighted by Crippen LogP contribution is -2.07. The first-order valence-corrected chi connectivity index (χ1v) is 7.72. The van der Waals surface area contributed by atoms with Gasteiger partial charge >= 0.3 is 11.2 Å². The van der Waals surface area contributed by atoms with Crippen molar-refractivity contribution in [3.8, 4) is 5.69 Å². The summed E-state index contributed by atoms with van der Waals surface area (Å²) in [6, 6.07) is 4.50. The molecule has 0 N–H and O–H groups in total. The van der Waals surface area contributed by atoms with Crippen LogP contribution in [0.15, 0.2) is 40.0 Å². The molecule has 8 nitrogen and oxygen atoms in total. The third-order valence-corrected chi connectivity index (χ3v) is 4.65. The van der Waals surface area contributed by atoms with E-state index in [-0.39, 0.29) is 15.8 Å². The number of nitro groups is 1. The number of nitrogens with zero attached hydrogens (tertiary/aromatic N) is 6. The van der Waals surface area contributed by atoms with E-state index in [2.05, 4.69) is 20.5 Å². The van der Waals surface area contributed by atoms with E-state index in [0.717, 1.165) is 46.1 Å². The Bertz CT molecular complexity index is 894. The molecular weight excluding hydrogens is 369 g/mol. The van der Waals surface area contributed by atoms with E-state index in [1.54, 1.807) is 0 Å². The lowest BCUT2D eigenvalue weighted by Gasteiger charge is -2.08. The molecule has 0 atom stereocenters. The zero-order valence-electron chi connectivity index (χ0n) is 11.3. The highest BCUT2D eigenvalue weighted by molar-refractivity contribution is 8.00. The highest BCUT2D eigenvalue weighted by Crippen LogP contribution is 2.34. The first-order valence-electron chi connectivity index (χ1n) is 6.08. The molecule has 0 fully saturated rings. The van der Waals surface area contributed by atoms with Crippen molar-refractivity contribution in [1.82, 2.24) is 25.2 Å². The van der Waals surface area contributed by atoms with Crippen LogP contribution in [0.1, 0.15) is 5.56 Å². The molecule has 0 aliphatic rings. The van der Waals surface area contributed by atoms with Crippen molar-refractivity contribution in [3.63, 3.8) is 0 Å². The average molecular weight is 374 g/mol. The summed E-state index contributed by atoms with van der Waals surface area (Å²) in [5.74, 6) is 0. The van der Waals surface area contributed by atoms with Crippen LogP contribution in [0.3, 0.4) is 0 Å². The predicted molar refractivity (Wildman–Crippen MR) is 77.0 cm³/mol. The monoisotopic (exact) mass is 374 g/mol. The smallest absolute Gasteiger partial charge is 0.257 e. The van der Waals surface area contributed by atoms with E-state index in [4.69, 9.17) is 0 Å². The fourth-order valence-corrected chi connectivity index (χ4v) is 3.36. The Balaban J connectivity index is 1.91. The molecule has 0 spiro atoms. The lowest BCUT2D eigenvalue weighted by atomic mass is 10.2. The van der Waals surface area contributed by atoms with E-state index in [1.165, 1.54) is 12.1 Å².